The van der Waals surface area contributed by atoms with Crippen molar-refractivity contribution in [2.24, 2.45) is 0 Å². The molecule has 5 nitrogen and oxygen atoms in total. The van der Waals surface area contributed by atoms with Crippen LogP contribution in [0.25, 0.3) is 0 Å². The van der Waals surface area contributed by atoms with Crippen LogP contribution < -0.4 is 10.1 Å². The van der Waals surface area contributed by atoms with Crippen LogP contribution in [0.5, 0.6) is 5.75 Å². The molecule has 5 heteroatoms. The van der Waals surface area contributed by atoms with E-state index in [9.17, 15) is 0 Å². The summed E-state index contributed by atoms with van der Waals surface area (Å²) in [6.45, 7) is 2.39. The quantitative estimate of drug-likeness (QED) is 0.906. The Bertz CT molecular complexity index is 602. The van der Waals surface area contributed by atoms with Crippen molar-refractivity contribution in [2.75, 3.05) is 12.4 Å². The first-order valence-corrected chi connectivity index (χ1v) is 5.84. The van der Waals surface area contributed by atoms with Gasteiger partial charge in [0.05, 0.1) is 7.11 Å². The highest BCUT2D eigenvalue weighted by Gasteiger charge is 2.01. The Morgan fingerprint density at radius 1 is 1.26 bits per heavy atom. The standard InChI is InChI=1S/C14H14N4O/c1-10-17-12(8-15)7-14(18-10)16-9-11-3-5-13(19-2)6-4-11/h3-7H,9H2,1-2H3,(H,16,17,18). The number of hydrogen-bond donors (Lipinski definition) is 1. The largest absolute Gasteiger partial charge is 0.497 e. The maximum atomic E-state index is 8.85. The lowest BCUT2D eigenvalue weighted by molar-refractivity contribution is 0.414. The molecule has 1 aromatic carbocycles. The van der Waals surface area contributed by atoms with E-state index >= 15 is 0 Å². The third-order valence-electron chi connectivity index (χ3n) is 2.59. The van der Waals surface area contributed by atoms with Gasteiger partial charge in [0.15, 0.2) is 0 Å². The highest BCUT2D eigenvalue weighted by atomic mass is 16.5. The molecule has 2 rings (SSSR count). The van der Waals surface area contributed by atoms with Gasteiger partial charge in [-0.25, -0.2) is 9.97 Å². The lowest BCUT2D eigenvalue weighted by Gasteiger charge is -2.07. The molecule has 19 heavy (non-hydrogen) atoms. The number of nitriles is 1. The predicted molar refractivity (Wildman–Crippen MR) is 71.8 cm³/mol. The molecule has 0 saturated heterocycles. The molecule has 0 radical (unpaired) electrons. The van der Waals surface area contributed by atoms with Crippen molar-refractivity contribution in [3.05, 3.63) is 47.4 Å². The molecule has 0 spiro atoms. The monoisotopic (exact) mass is 254 g/mol. The third kappa shape index (κ3) is 3.42. The van der Waals surface area contributed by atoms with Crippen LogP contribution in [0.3, 0.4) is 0 Å². The average Bonchev–Trinajstić information content (AvgIpc) is 2.45. The lowest BCUT2D eigenvalue weighted by atomic mass is 10.2. The molecule has 1 N–H and O–H groups in total. The van der Waals surface area contributed by atoms with E-state index in [1.54, 1.807) is 20.1 Å². The van der Waals surface area contributed by atoms with Crippen LogP contribution in [-0.4, -0.2) is 17.1 Å². The molecule has 0 aliphatic heterocycles. The zero-order chi connectivity index (χ0) is 13.7. The summed E-state index contributed by atoms with van der Waals surface area (Å²) in [6, 6.07) is 11.4. The molecule has 0 fully saturated rings. The molecule has 0 unspecified atom stereocenters. The van der Waals surface area contributed by atoms with Crippen molar-refractivity contribution >= 4 is 5.82 Å². The van der Waals surface area contributed by atoms with E-state index in [0.717, 1.165) is 11.3 Å². The fourth-order valence-electron chi connectivity index (χ4n) is 1.65. The Hall–Kier alpha value is -2.61. The van der Waals surface area contributed by atoms with Gasteiger partial charge in [-0.05, 0) is 24.6 Å². The minimum Gasteiger partial charge on any atom is -0.497 e. The van der Waals surface area contributed by atoms with Gasteiger partial charge in [-0.3, -0.25) is 0 Å². The molecule has 0 amide bonds. The number of ether oxygens (including phenoxy) is 1. The number of benzene rings is 1. The summed E-state index contributed by atoms with van der Waals surface area (Å²) in [6.07, 6.45) is 0. The van der Waals surface area contributed by atoms with Crippen molar-refractivity contribution in [3.63, 3.8) is 0 Å². The van der Waals surface area contributed by atoms with Gasteiger partial charge in [-0.1, -0.05) is 12.1 Å². The van der Waals surface area contributed by atoms with E-state index in [0.29, 0.717) is 23.9 Å². The van der Waals surface area contributed by atoms with Gasteiger partial charge < -0.3 is 10.1 Å². The number of anilines is 1. The Balaban J connectivity index is 2.05. The van der Waals surface area contributed by atoms with Crippen molar-refractivity contribution in [1.29, 1.82) is 5.26 Å². The van der Waals surface area contributed by atoms with Crippen LogP contribution in [0.1, 0.15) is 17.1 Å². The molecule has 1 heterocycles. The molecule has 0 atom stereocenters. The summed E-state index contributed by atoms with van der Waals surface area (Å²) in [5.74, 6) is 2.06. The lowest BCUT2D eigenvalue weighted by Crippen LogP contribution is -2.04. The molecule has 0 aliphatic carbocycles. The Morgan fingerprint density at radius 2 is 2.00 bits per heavy atom. The number of nitrogens with one attached hydrogen (secondary N) is 1. The van der Waals surface area contributed by atoms with Gasteiger partial charge in [0.25, 0.3) is 0 Å². The first-order chi connectivity index (χ1) is 9.21. The fraction of sp³-hybridized carbons (Fsp3) is 0.214. The SMILES string of the molecule is COc1ccc(CNc2cc(C#N)nc(C)n2)cc1. The summed E-state index contributed by atoms with van der Waals surface area (Å²) < 4.78 is 5.10. The van der Waals surface area contributed by atoms with Gasteiger partial charge in [0.1, 0.15) is 29.2 Å². The number of methoxy groups -OCH3 is 1. The molecule has 2 aromatic rings. The first kappa shape index (κ1) is 12.8. The second kappa shape index (κ2) is 5.83. The Kier molecular flexibility index (Phi) is 3.94. The molecular formula is C14H14N4O. The van der Waals surface area contributed by atoms with Gasteiger partial charge in [0.2, 0.25) is 0 Å². The van der Waals surface area contributed by atoms with Crippen LogP contribution in [-0.2, 0) is 6.54 Å². The maximum absolute atomic E-state index is 8.85. The van der Waals surface area contributed by atoms with E-state index in [4.69, 9.17) is 10.00 Å². The van der Waals surface area contributed by atoms with Crippen LogP contribution in [0.4, 0.5) is 5.82 Å². The number of nitrogens with zero attached hydrogens (tertiary/aromatic N) is 3. The highest BCUT2D eigenvalue weighted by Crippen LogP contribution is 2.13. The second-order valence-electron chi connectivity index (χ2n) is 4.00. The van der Waals surface area contributed by atoms with Gasteiger partial charge in [-0.15, -0.1) is 0 Å². The average molecular weight is 254 g/mol. The van der Waals surface area contributed by atoms with Crippen molar-refractivity contribution in [3.8, 4) is 11.8 Å². The first-order valence-electron chi connectivity index (χ1n) is 5.84. The molecule has 0 saturated carbocycles. The van der Waals surface area contributed by atoms with Crippen molar-refractivity contribution in [1.82, 2.24) is 9.97 Å². The highest BCUT2D eigenvalue weighted by molar-refractivity contribution is 5.41. The Labute approximate surface area is 111 Å². The summed E-state index contributed by atoms with van der Waals surface area (Å²) in [5.41, 5.74) is 1.47. The molecule has 96 valence electrons. The van der Waals surface area contributed by atoms with Gasteiger partial charge >= 0.3 is 0 Å². The number of aromatic nitrogens is 2. The predicted octanol–water partition coefficient (Wildman–Crippen LogP) is 2.28. The molecule has 0 bridgehead atoms. The minimum atomic E-state index is 0.365. The van der Waals surface area contributed by atoms with Gasteiger partial charge in [-0.2, -0.15) is 5.26 Å². The normalized spacial score (nSPS) is 9.74. The van der Waals surface area contributed by atoms with E-state index in [1.807, 2.05) is 30.3 Å². The number of rotatable bonds is 4. The maximum Gasteiger partial charge on any atom is 0.146 e. The van der Waals surface area contributed by atoms with Crippen LogP contribution in [0.2, 0.25) is 0 Å². The summed E-state index contributed by atoms with van der Waals surface area (Å²) >= 11 is 0. The van der Waals surface area contributed by atoms with Crippen molar-refractivity contribution in [2.45, 2.75) is 13.5 Å². The smallest absolute Gasteiger partial charge is 0.146 e. The fourth-order valence-corrected chi connectivity index (χ4v) is 1.65. The zero-order valence-corrected chi connectivity index (χ0v) is 10.8. The summed E-state index contributed by atoms with van der Waals surface area (Å²) in [7, 11) is 1.64. The van der Waals surface area contributed by atoms with Crippen LogP contribution in [0.15, 0.2) is 30.3 Å². The van der Waals surface area contributed by atoms with E-state index < -0.39 is 0 Å². The van der Waals surface area contributed by atoms with E-state index in [2.05, 4.69) is 15.3 Å². The Morgan fingerprint density at radius 3 is 2.63 bits per heavy atom. The van der Waals surface area contributed by atoms with Crippen molar-refractivity contribution < 1.29 is 4.74 Å². The van der Waals surface area contributed by atoms with Crippen LogP contribution in [0, 0.1) is 18.3 Å². The summed E-state index contributed by atoms with van der Waals surface area (Å²) in [5, 5.41) is 12.0. The molecular weight excluding hydrogens is 240 g/mol. The molecule has 1 aromatic heterocycles. The second-order valence-corrected chi connectivity index (χ2v) is 4.00. The van der Waals surface area contributed by atoms with E-state index in [1.165, 1.54) is 0 Å². The number of aryl methyl sites for hydroxylation is 1. The van der Waals surface area contributed by atoms with Crippen LogP contribution >= 0.6 is 0 Å². The zero-order valence-electron chi connectivity index (χ0n) is 10.8. The topological polar surface area (TPSA) is 70.8 Å². The summed E-state index contributed by atoms with van der Waals surface area (Å²) in [4.78, 5) is 8.23. The third-order valence-corrected chi connectivity index (χ3v) is 2.59. The minimum absolute atomic E-state index is 0.365. The number of hydrogen-bond acceptors (Lipinski definition) is 5. The molecule has 0 aliphatic rings. The van der Waals surface area contributed by atoms with Gasteiger partial charge in [0, 0.05) is 12.6 Å². The van der Waals surface area contributed by atoms with E-state index in [-0.39, 0.29) is 0 Å².